The first-order valence-corrected chi connectivity index (χ1v) is 20.1. The van der Waals surface area contributed by atoms with Crippen molar-refractivity contribution in [2.24, 2.45) is 0 Å². The van der Waals surface area contributed by atoms with E-state index in [-0.39, 0.29) is 5.69 Å². The number of anilines is 3. The Morgan fingerprint density at radius 3 is 1.67 bits per heavy atom. The molecule has 0 amide bonds. The van der Waals surface area contributed by atoms with Gasteiger partial charge < -0.3 is 4.90 Å². The van der Waals surface area contributed by atoms with Gasteiger partial charge in [-0.1, -0.05) is 182 Å². The Labute approximate surface area is 375 Å². The van der Waals surface area contributed by atoms with Gasteiger partial charge in [0.1, 0.15) is 0 Å². The predicted octanol–water partition coefficient (Wildman–Crippen LogP) is 17.0. The third-order valence-electron chi connectivity index (χ3n) is 10.5. The maximum absolute atomic E-state index is 9.87. The predicted molar refractivity (Wildman–Crippen MR) is 259 cm³/mol. The van der Waals surface area contributed by atoms with E-state index in [1.807, 2.05) is 140 Å². The van der Waals surface area contributed by atoms with Crippen molar-refractivity contribution in [2.45, 2.75) is 0 Å². The maximum Gasteiger partial charge on any atom is 0.0645 e. The van der Waals surface area contributed by atoms with Crippen LogP contribution in [-0.4, -0.2) is 0 Å². The van der Waals surface area contributed by atoms with Gasteiger partial charge in [0.05, 0.1) is 26.2 Å². The van der Waals surface area contributed by atoms with Crippen LogP contribution in [0.3, 0.4) is 0 Å². The van der Waals surface area contributed by atoms with Crippen molar-refractivity contribution in [3.63, 3.8) is 0 Å². The Morgan fingerprint density at radius 2 is 0.967 bits per heavy atom. The van der Waals surface area contributed by atoms with E-state index in [2.05, 4.69) is 6.07 Å². The fraction of sp³-hybridized carbons (Fsp3) is 0. The third kappa shape index (κ3) is 6.63. The average molecular weight is 797 g/mol. The molecule has 0 saturated heterocycles. The molecule has 10 aromatic carbocycles. The highest BCUT2D eigenvalue weighted by Gasteiger charge is 2.21. The van der Waals surface area contributed by atoms with Gasteiger partial charge in [-0.15, -0.1) is 11.3 Å². The van der Waals surface area contributed by atoms with Crippen molar-refractivity contribution in [1.29, 1.82) is 0 Å². The summed E-state index contributed by atoms with van der Waals surface area (Å²) < 4.78 is 138. The molecule has 2 heteroatoms. The monoisotopic (exact) mass is 796 g/mol. The van der Waals surface area contributed by atoms with Gasteiger partial charge in [-0.3, -0.25) is 0 Å². The molecule has 1 nitrogen and oxygen atoms in total. The molecular weight excluding hydrogens is 743 g/mol. The van der Waals surface area contributed by atoms with Gasteiger partial charge in [0.15, 0.2) is 0 Å². The smallest absolute Gasteiger partial charge is 0.0645 e. The standard InChI is InChI=1S/C58H39NS/c1-4-13-40(14-5-1)46-19-12-20-47(37-46)42-27-31-51(32-28-42)59(55-36-35-53(45-17-8-3-9-18-45)58-57(55)54-21-10-11-22-56(54)60-58)52-33-29-43(30-34-52)49-26-24-44-23-25-48(38-50(44)39-49)41-15-6-2-7-16-41/h1-39H/i2D,6D,7D,15D,16D,23D,24D,25D,26D,29D,30D,33D,34D,38D,39D. The van der Waals surface area contributed by atoms with E-state index < -0.39 is 124 Å². The van der Waals surface area contributed by atoms with Gasteiger partial charge >= 0.3 is 0 Å². The van der Waals surface area contributed by atoms with Crippen LogP contribution in [0.2, 0.25) is 0 Å². The summed E-state index contributed by atoms with van der Waals surface area (Å²) in [6.07, 6.45) is 0. The van der Waals surface area contributed by atoms with E-state index >= 15 is 0 Å². The Balaban J connectivity index is 1.16. The van der Waals surface area contributed by atoms with Crippen molar-refractivity contribution in [1.82, 2.24) is 0 Å². The van der Waals surface area contributed by atoms with Crippen LogP contribution in [0.1, 0.15) is 20.6 Å². The highest BCUT2D eigenvalue weighted by Crippen LogP contribution is 2.48. The molecule has 282 valence electrons. The second-order valence-electron chi connectivity index (χ2n) is 14.1. The van der Waals surface area contributed by atoms with Crippen LogP contribution < -0.4 is 4.90 Å². The summed E-state index contributed by atoms with van der Waals surface area (Å²) in [4.78, 5) is 1.70. The minimum Gasteiger partial charge on any atom is -0.310 e. The van der Waals surface area contributed by atoms with Crippen LogP contribution in [0.4, 0.5) is 17.1 Å². The summed E-state index contributed by atoms with van der Waals surface area (Å²) in [6, 6.07) is 36.8. The van der Waals surface area contributed by atoms with Crippen molar-refractivity contribution in [3.05, 3.63) is 236 Å². The zero-order valence-corrected chi connectivity index (χ0v) is 32.5. The zero-order chi connectivity index (χ0) is 52.9. The van der Waals surface area contributed by atoms with Gasteiger partial charge in [0.2, 0.25) is 0 Å². The number of nitrogens with zero attached hydrogens (tertiary/aromatic N) is 1. The fourth-order valence-corrected chi connectivity index (χ4v) is 8.84. The normalized spacial score (nSPS) is 14.8. The summed E-state index contributed by atoms with van der Waals surface area (Å²) in [5, 5.41) is 0.716. The van der Waals surface area contributed by atoms with Crippen LogP contribution >= 0.6 is 11.3 Å². The lowest BCUT2D eigenvalue weighted by atomic mass is 9.97. The highest BCUT2D eigenvalue weighted by atomic mass is 32.1. The molecule has 0 N–H and O–H groups in total. The molecule has 0 radical (unpaired) electrons. The van der Waals surface area contributed by atoms with E-state index in [4.69, 9.17) is 11.0 Å². The van der Waals surface area contributed by atoms with Gasteiger partial charge in [-0.05, 0) is 121 Å². The van der Waals surface area contributed by atoms with Crippen molar-refractivity contribution >= 4 is 59.3 Å². The van der Waals surface area contributed by atoms with Crippen molar-refractivity contribution in [3.8, 4) is 55.6 Å². The Hall–Kier alpha value is -7.52. The number of thiophene rings is 1. The molecule has 1 aromatic heterocycles. The summed E-state index contributed by atoms with van der Waals surface area (Å²) in [6.45, 7) is 0. The molecule has 0 aliphatic carbocycles. The van der Waals surface area contributed by atoms with Crippen LogP contribution in [0.25, 0.3) is 86.6 Å². The van der Waals surface area contributed by atoms with Gasteiger partial charge in [-0.2, -0.15) is 0 Å². The second-order valence-corrected chi connectivity index (χ2v) is 15.2. The van der Waals surface area contributed by atoms with Gasteiger partial charge in [0.25, 0.3) is 0 Å². The van der Waals surface area contributed by atoms with E-state index in [1.54, 1.807) is 16.2 Å². The van der Waals surface area contributed by atoms with Crippen molar-refractivity contribution in [2.75, 3.05) is 4.90 Å². The fourth-order valence-electron chi connectivity index (χ4n) is 7.59. The highest BCUT2D eigenvalue weighted by molar-refractivity contribution is 7.26. The Kier molecular flexibility index (Phi) is 5.92. The number of hydrogen-bond donors (Lipinski definition) is 0. The molecule has 0 aliphatic rings. The Bertz CT molecular complexity index is 4120. The summed E-state index contributed by atoms with van der Waals surface area (Å²) >= 11 is 1.59. The lowest BCUT2D eigenvalue weighted by Gasteiger charge is -2.27. The third-order valence-corrected chi connectivity index (χ3v) is 11.7. The number of rotatable bonds is 8. The molecule has 60 heavy (non-hydrogen) atoms. The molecule has 0 spiro atoms. The van der Waals surface area contributed by atoms with Gasteiger partial charge in [-0.25, -0.2) is 0 Å². The molecule has 0 atom stereocenters. The second kappa shape index (κ2) is 15.3. The topological polar surface area (TPSA) is 3.24 Å². The molecule has 0 bridgehead atoms. The number of hydrogen-bond acceptors (Lipinski definition) is 2. The SMILES string of the molecule is [2H]c1c([2H])c([2H])c(-c2c([2H])c([2H])c3c([2H])c([2H])c(-c4c([2H])c([2H])c(N(c5ccc(-c6cccc(-c7ccccc7)c6)cc5)c5ccc(-c6ccccc6)c6sc7ccccc7c56)c([2H])c4[2H])c([2H])c3c2[2H])c([2H])c1[2H]. The van der Waals surface area contributed by atoms with Crippen molar-refractivity contribution < 1.29 is 20.6 Å². The minimum absolute atomic E-state index is 0.154. The Morgan fingerprint density at radius 1 is 0.383 bits per heavy atom. The van der Waals surface area contributed by atoms with Gasteiger partial charge in [0, 0.05) is 31.5 Å². The summed E-state index contributed by atoms with van der Waals surface area (Å²) in [5.74, 6) is 0. The molecule has 0 unspecified atom stereocenters. The van der Waals surface area contributed by atoms with E-state index in [0.717, 1.165) is 53.6 Å². The zero-order valence-electron chi connectivity index (χ0n) is 46.7. The van der Waals surface area contributed by atoms with E-state index in [9.17, 15) is 9.60 Å². The minimum atomic E-state index is -0.766. The first-order chi connectivity index (χ1) is 36.0. The van der Waals surface area contributed by atoms with Crippen LogP contribution in [0.5, 0.6) is 0 Å². The first kappa shape index (κ1) is 23.2. The molecule has 1 heterocycles. The lowest BCUT2D eigenvalue weighted by Crippen LogP contribution is -2.10. The number of fused-ring (bicyclic) bond motifs is 4. The van der Waals surface area contributed by atoms with Crippen LogP contribution in [0.15, 0.2) is 236 Å². The molecule has 0 saturated carbocycles. The maximum atomic E-state index is 9.87. The molecule has 11 aromatic rings. The quantitative estimate of drug-likeness (QED) is 0.148. The largest absolute Gasteiger partial charge is 0.310 e. The van der Waals surface area contributed by atoms with Crippen LogP contribution in [0, 0.1) is 0 Å². The first-order valence-electron chi connectivity index (χ1n) is 26.8. The lowest BCUT2D eigenvalue weighted by molar-refractivity contribution is 1.30. The van der Waals surface area contributed by atoms with E-state index in [0.29, 0.717) is 11.4 Å². The number of benzene rings is 10. The molecular formula is C58H39NS. The van der Waals surface area contributed by atoms with Crippen LogP contribution in [-0.2, 0) is 0 Å². The molecule has 0 aliphatic heterocycles. The summed E-state index contributed by atoms with van der Waals surface area (Å²) in [7, 11) is 0. The molecule has 0 fully saturated rings. The van der Waals surface area contributed by atoms with E-state index in [1.165, 1.54) is 0 Å². The summed E-state index contributed by atoms with van der Waals surface area (Å²) in [5.41, 5.74) is 4.47. The average Bonchev–Trinajstić information content (AvgIpc) is 3.84. The molecule has 11 rings (SSSR count).